The van der Waals surface area contributed by atoms with Gasteiger partial charge in [-0.15, -0.1) is 0 Å². The van der Waals surface area contributed by atoms with Crippen molar-refractivity contribution in [3.8, 4) is 0 Å². The van der Waals surface area contributed by atoms with E-state index >= 15 is 0 Å². The van der Waals surface area contributed by atoms with Gasteiger partial charge in [0, 0.05) is 19.4 Å². The molecule has 3 nitrogen and oxygen atoms in total. The lowest BCUT2D eigenvalue weighted by molar-refractivity contribution is -0.180. The van der Waals surface area contributed by atoms with Crippen molar-refractivity contribution < 1.29 is 9.47 Å². The van der Waals surface area contributed by atoms with Gasteiger partial charge in [0.25, 0.3) is 0 Å². The fraction of sp³-hybridized carbons (Fsp3) is 0.826. The van der Waals surface area contributed by atoms with Crippen molar-refractivity contribution in [2.24, 2.45) is 0 Å². The third kappa shape index (κ3) is 33.7. The quantitative estimate of drug-likeness (QED) is 0.0507. The van der Waals surface area contributed by atoms with Crippen LogP contribution in [0.3, 0.4) is 0 Å². The van der Waals surface area contributed by atoms with E-state index in [2.05, 4.69) is 95.3 Å². The molecule has 1 saturated heterocycles. The molecule has 288 valence electrons. The topological polar surface area (TPSA) is 21.7 Å². The zero-order chi connectivity index (χ0) is 35.9. The highest BCUT2D eigenvalue weighted by atomic mass is 16.7. The zero-order valence-corrected chi connectivity index (χ0v) is 34.2. The van der Waals surface area contributed by atoms with Gasteiger partial charge in [0.1, 0.15) is 0 Å². The van der Waals surface area contributed by atoms with Crippen molar-refractivity contribution in [1.29, 1.82) is 0 Å². The Labute approximate surface area is 308 Å². The van der Waals surface area contributed by atoms with E-state index < -0.39 is 0 Å². The van der Waals surface area contributed by atoms with E-state index in [4.69, 9.17) is 9.47 Å². The first-order valence-electron chi connectivity index (χ1n) is 21.6. The van der Waals surface area contributed by atoms with Gasteiger partial charge in [-0.25, -0.2) is 0 Å². The Morgan fingerprint density at radius 1 is 0.510 bits per heavy atom. The summed E-state index contributed by atoms with van der Waals surface area (Å²) in [6.07, 6.45) is 54.6. The van der Waals surface area contributed by atoms with Crippen molar-refractivity contribution in [3.05, 3.63) is 48.6 Å². The molecule has 1 rings (SSSR count). The summed E-state index contributed by atoms with van der Waals surface area (Å²) < 4.78 is 13.1. The maximum absolute atomic E-state index is 6.67. The smallest absolute Gasteiger partial charge is 0.168 e. The second-order valence-electron chi connectivity index (χ2n) is 14.9. The average Bonchev–Trinajstić information content (AvgIpc) is 3.50. The molecule has 0 aliphatic carbocycles. The molecule has 0 aromatic heterocycles. The van der Waals surface area contributed by atoms with Gasteiger partial charge in [0.2, 0.25) is 0 Å². The van der Waals surface area contributed by atoms with Crippen LogP contribution in [0.4, 0.5) is 0 Å². The monoisotopic (exact) mass is 686 g/mol. The van der Waals surface area contributed by atoms with Crippen LogP contribution in [0, 0.1) is 0 Å². The zero-order valence-electron chi connectivity index (χ0n) is 34.2. The highest BCUT2D eigenvalue weighted by Crippen LogP contribution is 2.35. The first kappa shape index (κ1) is 47.8. The summed E-state index contributed by atoms with van der Waals surface area (Å²) in [4.78, 5) is 2.26. The third-order valence-corrected chi connectivity index (χ3v) is 9.33. The van der Waals surface area contributed by atoms with Crippen molar-refractivity contribution in [1.82, 2.24) is 4.90 Å². The molecule has 3 heteroatoms. The van der Waals surface area contributed by atoms with Gasteiger partial charge in [-0.2, -0.15) is 0 Å². The van der Waals surface area contributed by atoms with Gasteiger partial charge in [-0.1, -0.05) is 160 Å². The van der Waals surface area contributed by atoms with Crippen molar-refractivity contribution >= 4 is 0 Å². The molecule has 1 unspecified atom stereocenters. The Morgan fingerprint density at radius 2 is 0.878 bits per heavy atom. The Bertz CT molecular complexity index is 719. The van der Waals surface area contributed by atoms with Gasteiger partial charge in [0.15, 0.2) is 5.79 Å². The molecule has 0 aromatic rings. The second-order valence-corrected chi connectivity index (χ2v) is 14.9. The minimum Gasteiger partial charge on any atom is -0.347 e. The van der Waals surface area contributed by atoms with E-state index in [1.807, 2.05) is 0 Å². The van der Waals surface area contributed by atoms with Crippen LogP contribution < -0.4 is 0 Å². The van der Waals surface area contributed by atoms with Crippen LogP contribution in [0.2, 0.25) is 0 Å². The van der Waals surface area contributed by atoms with E-state index in [9.17, 15) is 0 Å². The lowest BCUT2D eigenvalue weighted by Crippen LogP contribution is -2.31. The molecule has 1 atom stereocenters. The molecule has 1 aliphatic rings. The van der Waals surface area contributed by atoms with Gasteiger partial charge in [-0.3, -0.25) is 0 Å². The molecule has 1 heterocycles. The molecular formula is C46H87NO2. The Morgan fingerprint density at radius 3 is 1.27 bits per heavy atom. The van der Waals surface area contributed by atoms with Gasteiger partial charge < -0.3 is 14.4 Å². The molecule has 0 radical (unpaired) electrons. The molecule has 0 bridgehead atoms. The number of hydrogen-bond acceptors (Lipinski definition) is 3. The SMILES string of the molecule is CCC.CCCCC/C=C\C/C=C\CCCCCCCCC1(CCCCCCCC/C=C\C/C=C\CCCCC)OCC(CCN(C)C)O1. The molecule has 0 amide bonds. The van der Waals surface area contributed by atoms with E-state index in [1.54, 1.807) is 0 Å². The van der Waals surface area contributed by atoms with Gasteiger partial charge in [-0.05, 0) is 97.6 Å². The first-order chi connectivity index (χ1) is 24.0. The standard InChI is InChI=1S/C43H79NO2.C3H8/c1-5-7-9-11-13-15-17-19-21-23-25-27-29-31-33-35-38-43(45-41-42(46-43)37-40-44(3)4)39-36-34-32-30-28-26-24-22-20-18-16-14-12-10-8-6-2;1-3-2/h13-16,19-22,42H,5-12,17-18,23-41H2,1-4H3;3H2,1-2H3/b15-13-,16-14-,21-19-,22-20-;. The largest absolute Gasteiger partial charge is 0.347 e. The van der Waals surface area contributed by atoms with E-state index in [1.165, 1.54) is 148 Å². The van der Waals surface area contributed by atoms with Gasteiger partial charge in [0.05, 0.1) is 12.7 Å². The second kappa shape index (κ2) is 38.1. The van der Waals surface area contributed by atoms with Crippen LogP contribution in [0.1, 0.15) is 207 Å². The molecule has 0 aromatic carbocycles. The number of nitrogens with zero attached hydrogens (tertiary/aromatic N) is 1. The Balaban J connectivity index is 0.00000738. The number of allylic oxidation sites excluding steroid dienone is 8. The van der Waals surface area contributed by atoms with E-state index in [0.717, 1.165) is 45.3 Å². The summed E-state index contributed by atoms with van der Waals surface area (Å²) in [6, 6.07) is 0. The Hall–Kier alpha value is -1.16. The predicted molar refractivity (Wildman–Crippen MR) is 221 cm³/mol. The molecular weight excluding hydrogens is 599 g/mol. The van der Waals surface area contributed by atoms with Crippen LogP contribution in [0.15, 0.2) is 48.6 Å². The fourth-order valence-corrected chi connectivity index (χ4v) is 6.31. The average molecular weight is 686 g/mol. The maximum atomic E-state index is 6.67. The first-order valence-corrected chi connectivity index (χ1v) is 21.6. The lowest BCUT2D eigenvalue weighted by Gasteiger charge is -2.29. The third-order valence-electron chi connectivity index (χ3n) is 9.33. The number of ether oxygens (including phenoxy) is 2. The highest BCUT2D eigenvalue weighted by molar-refractivity contribution is 4.93. The summed E-state index contributed by atoms with van der Waals surface area (Å²) in [7, 11) is 4.30. The molecule has 1 fully saturated rings. The Kier molecular flexibility index (Phi) is 37.2. The summed E-state index contributed by atoms with van der Waals surface area (Å²) in [5.74, 6) is -0.318. The van der Waals surface area contributed by atoms with Crippen molar-refractivity contribution in [3.63, 3.8) is 0 Å². The summed E-state index contributed by atoms with van der Waals surface area (Å²) in [5, 5.41) is 0. The minimum absolute atomic E-state index is 0.261. The van der Waals surface area contributed by atoms with Crippen molar-refractivity contribution in [2.45, 2.75) is 219 Å². The molecule has 0 saturated carbocycles. The molecule has 0 N–H and O–H groups in total. The van der Waals surface area contributed by atoms with Gasteiger partial charge >= 0.3 is 0 Å². The molecule has 1 aliphatic heterocycles. The number of rotatable bonds is 33. The highest BCUT2D eigenvalue weighted by Gasteiger charge is 2.40. The normalized spacial score (nSPS) is 16.3. The fourth-order valence-electron chi connectivity index (χ4n) is 6.31. The molecule has 49 heavy (non-hydrogen) atoms. The van der Waals surface area contributed by atoms with Crippen LogP contribution in [0.25, 0.3) is 0 Å². The summed E-state index contributed by atoms with van der Waals surface area (Å²) in [6.45, 7) is 10.6. The lowest BCUT2D eigenvalue weighted by atomic mass is 9.98. The summed E-state index contributed by atoms with van der Waals surface area (Å²) >= 11 is 0. The van der Waals surface area contributed by atoms with E-state index in [-0.39, 0.29) is 11.9 Å². The maximum Gasteiger partial charge on any atom is 0.168 e. The van der Waals surface area contributed by atoms with Crippen LogP contribution in [-0.2, 0) is 9.47 Å². The summed E-state index contributed by atoms with van der Waals surface area (Å²) in [5.41, 5.74) is 0. The minimum atomic E-state index is -0.318. The van der Waals surface area contributed by atoms with Crippen molar-refractivity contribution in [2.75, 3.05) is 27.2 Å². The number of unbranched alkanes of at least 4 members (excludes halogenated alkanes) is 18. The van der Waals surface area contributed by atoms with Crippen LogP contribution in [-0.4, -0.2) is 44.0 Å². The van der Waals surface area contributed by atoms with E-state index in [0.29, 0.717) is 0 Å². The van der Waals surface area contributed by atoms with Crippen LogP contribution in [0.5, 0.6) is 0 Å². The molecule has 0 spiro atoms. The predicted octanol–water partition coefficient (Wildman–Crippen LogP) is 14.9. The number of hydrogen-bond donors (Lipinski definition) is 0. The van der Waals surface area contributed by atoms with Crippen LogP contribution >= 0.6 is 0 Å².